The molecule has 0 spiro atoms. The highest BCUT2D eigenvalue weighted by Gasteiger charge is 2.60. The molecule has 0 aliphatic carbocycles. The molecule has 2 unspecified atom stereocenters. The molecule has 3 aliphatic heterocycles. The largest absolute Gasteiger partial charge is 0.428 e. The third-order valence-electron chi connectivity index (χ3n) is 5.51. The standard InChI is InChI=1S/C15H24BN4O5P/c1-6-9(5-19-3-8(4-19)13(17)22)12(15(24)25-26-18-16)20-11(6)10(7(2)21)14(20)23/h6-8,10-11,18,21,26H,3-5,16H2,1-2H3,(H2,17,22)/t6-,7+,10?,11+/m0/s1. The van der Waals surface area contributed by atoms with E-state index in [0.29, 0.717) is 19.6 Å². The summed E-state index contributed by atoms with van der Waals surface area (Å²) in [4.78, 5) is 42.6. The van der Waals surface area contributed by atoms with Crippen molar-refractivity contribution in [1.29, 1.82) is 0 Å². The molecule has 5 atom stereocenters. The summed E-state index contributed by atoms with van der Waals surface area (Å²) in [6.07, 6.45) is -0.773. The minimum atomic E-state index is -0.773. The maximum absolute atomic E-state index is 12.6. The van der Waals surface area contributed by atoms with E-state index in [1.54, 1.807) is 14.9 Å². The molecule has 3 heterocycles. The van der Waals surface area contributed by atoms with E-state index in [1.807, 2.05) is 11.8 Å². The Labute approximate surface area is 154 Å². The summed E-state index contributed by atoms with van der Waals surface area (Å²) >= 11 is 0. The number of amides is 2. The van der Waals surface area contributed by atoms with Crippen molar-refractivity contribution in [3.63, 3.8) is 0 Å². The zero-order valence-electron chi connectivity index (χ0n) is 15.1. The molecule has 0 bridgehead atoms. The van der Waals surface area contributed by atoms with Crippen molar-refractivity contribution in [2.45, 2.75) is 26.0 Å². The van der Waals surface area contributed by atoms with Crippen LogP contribution in [-0.2, 0) is 18.9 Å². The minimum absolute atomic E-state index is 0.0691. The lowest BCUT2D eigenvalue weighted by Crippen LogP contribution is -2.63. The highest BCUT2D eigenvalue weighted by Crippen LogP contribution is 2.48. The first kappa shape index (κ1) is 19.3. The van der Waals surface area contributed by atoms with Gasteiger partial charge in [0.15, 0.2) is 7.98 Å². The Morgan fingerprint density at radius 1 is 1.50 bits per heavy atom. The van der Waals surface area contributed by atoms with E-state index in [9.17, 15) is 19.5 Å². The fraction of sp³-hybridized carbons (Fsp3) is 0.667. The number of rotatable bonds is 7. The summed E-state index contributed by atoms with van der Waals surface area (Å²) in [7, 11) is 1.47. The van der Waals surface area contributed by atoms with Crippen LogP contribution in [0.15, 0.2) is 11.3 Å². The highest BCUT2D eigenvalue weighted by atomic mass is 31.1. The zero-order valence-corrected chi connectivity index (χ0v) is 16.1. The first-order chi connectivity index (χ1) is 12.3. The molecule has 0 aromatic carbocycles. The molecule has 2 saturated heterocycles. The third-order valence-corrected chi connectivity index (χ3v) is 6.00. The summed E-state index contributed by atoms with van der Waals surface area (Å²) in [6, 6.07) is -0.230. The Bertz CT molecular complexity index is 666. The van der Waals surface area contributed by atoms with Crippen LogP contribution in [0.25, 0.3) is 0 Å². The lowest BCUT2D eigenvalue weighted by atomic mass is 9.77. The number of β-lactam (4-membered cyclic amide) rings is 1. The number of aliphatic hydroxyl groups excluding tert-OH is 1. The lowest BCUT2D eigenvalue weighted by Gasteiger charge is -2.46. The number of hydrogen-bond acceptors (Lipinski definition) is 7. The van der Waals surface area contributed by atoms with E-state index in [-0.39, 0.29) is 44.3 Å². The fourth-order valence-corrected chi connectivity index (χ4v) is 4.40. The Kier molecular flexibility index (Phi) is 5.39. The number of hydrogen-bond donors (Lipinski definition) is 3. The monoisotopic (exact) mass is 382 g/mol. The van der Waals surface area contributed by atoms with Crippen LogP contribution in [0.2, 0.25) is 0 Å². The first-order valence-corrected chi connectivity index (χ1v) is 9.57. The van der Waals surface area contributed by atoms with E-state index < -0.39 is 18.0 Å². The Hall–Kier alpha value is -1.48. The maximum Gasteiger partial charge on any atom is 0.358 e. The van der Waals surface area contributed by atoms with Crippen molar-refractivity contribution in [3.8, 4) is 0 Å². The number of likely N-dealkylation sites (tertiary alicyclic amines) is 1. The van der Waals surface area contributed by atoms with Crippen LogP contribution in [0.1, 0.15) is 13.8 Å². The summed E-state index contributed by atoms with van der Waals surface area (Å²) < 4.78 is 5.21. The van der Waals surface area contributed by atoms with Gasteiger partial charge in [0.1, 0.15) is 14.7 Å². The average molecular weight is 382 g/mol. The van der Waals surface area contributed by atoms with E-state index >= 15 is 0 Å². The number of aliphatic hydroxyl groups is 1. The number of primary amides is 1. The maximum atomic E-state index is 12.6. The molecule has 3 aliphatic rings. The van der Waals surface area contributed by atoms with Crippen molar-refractivity contribution >= 4 is 34.7 Å². The van der Waals surface area contributed by atoms with E-state index in [1.165, 1.54) is 4.90 Å². The van der Waals surface area contributed by atoms with Gasteiger partial charge in [-0.15, -0.1) is 0 Å². The third kappa shape index (κ3) is 3.05. The van der Waals surface area contributed by atoms with Crippen LogP contribution in [0.4, 0.5) is 0 Å². The predicted octanol–water partition coefficient (Wildman–Crippen LogP) is -2.30. The number of nitrogens with one attached hydrogen (secondary N) is 1. The fourth-order valence-electron chi connectivity index (χ4n) is 4.11. The molecule has 2 amide bonds. The Morgan fingerprint density at radius 3 is 2.69 bits per heavy atom. The molecular weight excluding hydrogens is 358 g/mol. The Morgan fingerprint density at radius 2 is 2.15 bits per heavy atom. The van der Waals surface area contributed by atoms with Gasteiger partial charge >= 0.3 is 5.97 Å². The molecule has 142 valence electrons. The molecule has 11 heteroatoms. The van der Waals surface area contributed by atoms with Crippen LogP contribution in [0.5, 0.6) is 0 Å². The van der Waals surface area contributed by atoms with Gasteiger partial charge in [-0.05, 0) is 12.5 Å². The molecule has 26 heavy (non-hydrogen) atoms. The second-order valence-corrected chi connectivity index (χ2v) is 8.07. The molecular formula is C15H24BN4O5P. The molecule has 3 rings (SSSR count). The second-order valence-electron chi connectivity index (χ2n) is 7.16. The van der Waals surface area contributed by atoms with Gasteiger partial charge in [0, 0.05) is 25.6 Å². The van der Waals surface area contributed by atoms with Crippen molar-refractivity contribution in [2.75, 3.05) is 19.6 Å². The van der Waals surface area contributed by atoms with Gasteiger partial charge in [-0.25, -0.2) is 4.79 Å². The SMILES string of the molecule is BNPOC(=O)C1=C(CN2CC(C(N)=O)C2)[C@H](C)[C@@H]2C([C@@H](C)O)C(=O)N12. The molecule has 4 N–H and O–H groups in total. The summed E-state index contributed by atoms with van der Waals surface area (Å²) in [5, 5.41) is 9.94. The van der Waals surface area contributed by atoms with Crippen LogP contribution in [0, 0.1) is 17.8 Å². The van der Waals surface area contributed by atoms with Crippen molar-refractivity contribution in [2.24, 2.45) is 23.5 Å². The van der Waals surface area contributed by atoms with Gasteiger partial charge in [-0.2, -0.15) is 0 Å². The smallest absolute Gasteiger partial charge is 0.358 e. The van der Waals surface area contributed by atoms with E-state index in [2.05, 4.69) is 5.00 Å². The molecule has 2 fully saturated rings. The van der Waals surface area contributed by atoms with Gasteiger partial charge in [0.2, 0.25) is 11.8 Å². The number of nitrogens with two attached hydrogens (primary N) is 1. The zero-order chi connectivity index (χ0) is 19.2. The number of fused-ring (bicyclic) bond motifs is 1. The molecule has 0 aromatic rings. The van der Waals surface area contributed by atoms with Crippen molar-refractivity contribution < 1.29 is 24.0 Å². The van der Waals surface area contributed by atoms with Crippen LogP contribution >= 0.6 is 8.96 Å². The average Bonchev–Trinajstić information content (AvgIpc) is 2.76. The second kappa shape index (κ2) is 7.27. The van der Waals surface area contributed by atoms with Crippen molar-refractivity contribution in [1.82, 2.24) is 14.8 Å². The topological polar surface area (TPSA) is 125 Å². The first-order valence-electron chi connectivity index (χ1n) is 8.66. The summed E-state index contributed by atoms with van der Waals surface area (Å²) in [6.45, 7) is 5.12. The van der Waals surface area contributed by atoms with Gasteiger partial charge in [0.25, 0.3) is 0 Å². The van der Waals surface area contributed by atoms with Crippen LogP contribution < -0.4 is 10.7 Å². The molecule has 0 saturated carbocycles. The molecule has 0 radical (unpaired) electrons. The number of nitrogens with zero attached hydrogens (tertiary/aromatic N) is 2. The van der Waals surface area contributed by atoms with Gasteiger partial charge < -0.3 is 25.3 Å². The predicted molar refractivity (Wildman–Crippen MR) is 97.2 cm³/mol. The van der Waals surface area contributed by atoms with Crippen LogP contribution in [0.3, 0.4) is 0 Å². The number of carbonyl (C=O) groups is 3. The summed E-state index contributed by atoms with van der Waals surface area (Å²) in [5.74, 6) is -1.85. The Balaban J connectivity index is 1.82. The number of carbonyl (C=O) groups excluding carboxylic acids is 3. The summed E-state index contributed by atoms with van der Waals surface area (Å²) in [5.41, 5.74) is 6.42. The highest BCUT2D eigenvalue weighted by molar-refractivity contribution is 7.32. The normalized spacial score (nSPS) is 30.3. The lowest BCUT2D eigenvalue weighted by molar-refractivity contribution is -0.162. The van der Waals surface area contributed by atoms with Gasteiger partial charge in [-0.3, -0.25) is 14.5 Å². The molecule has 9 nitrogen and oxygen atoms in total. The minimum Gasteiger partial charge on any atom is -0.428 e. The van der Waals surface area contributed by atoms with E-state index in [0.717, 1.165) is 5.57 Å². The van der Waals surface area contributed by atoms with E-state index in [4.69, 9.17) is 10.3 Å². The van der Waals surface area contributed by atoms with Crippen LogP contribution in [-0.4, -0.2) is 72.5 Å². The quantitative estimate of drug-likeness (QED) is 0.257. The van der Waals surface area contributed by atoms with Gasteiger partial charge in [0.05, 0.1) is 24.0 Å². The van der Waals surface area contributed by atoms with Gasteiger partial charge in [-0.1, -0.05) is 6.92 Å². The molecule has 0 aromatic heterocycles. The van der Waals surface area contributed by atoms with Crippen molar-refractivity contribution in [3.05, 3.63) is 11.3 Å².